The van der Waals surface area contributed by atoms with E-state index < -0.39 is 11.8 Å². The summed E-state index contributed by atoms with van der Waals surface area (Å²) in [5.41, 5.74) is 0.0849. The maximum Gasteiger partial charge on any atom is 0.339 e. The Morgan fingerprint density at radius 1 is 1.57 bits per heavy atom. The summed E-state index contributed by atoms with van der Waals surface area (Å²) in [6, 6.07) is 4.18. The Bertz CT molecular complexity index is 374. The SMILES string of the molecule is O=C(O)c1c(F)cccc1C=CCBr. The minimum atomic E-state index is -1.25. The number of carboxylic acids is 1. The maximum absolute atomic E-state index is 13.1. The molecule has 0 fully saturated rings. The minimum Gasteiger partial charge on any atom is -0.478 e. The molecule has 4 heteroatoms. The molecule has 74 valence electrons. The summed E-state index contributed by atoms with van der Waals surface area (Å²) in [6.07, 6.45) is 3.28. The van der Waals surface area contributed by atoms with E-state index in [0.29, 0.717) is 10.9 Å². The zero-order chi connectivity index (χ0) is 10.6. The third kappa shape index (κ3) is 2.42. The topological polar surface area (TPSA) is 37.3 Å². The molecule has 0 aliphatic heterocycles. The third-order valence-corrected chi connectivity index (χ3v) is 2.02. The molecule has 0 spiro atoms. The van der Waals surface area contributed by atoms with E-state index in [1.54, 1.807) is 18.2 Å². The van der Waals surface area contributed by atoms with E-state index in [1.165, 1.54) is 6.07 Å². The Balaban J connectivity index is 3.21. The molecule has 1 aromatic carbocycles. The van der Waals surface area contributed by atoms with Crippen molar-refractivity contribution in [3.63, 3.8) is 0 Å². The van der Waals surface area contributed by atoms with Gasteiger partial charge in [0.2, 0.25) is 0 Å². The molecule has 0 bridgehead atoms. The molecule has 0 amide bonds. The number of carboxylic acid groups (broad SMARTS) is 1. The number of halogens is 2. The molecule has 0 aliphatic rings. The molecule has 0 radical (unpaired) electrons. The molecule has 1 rings (SSSR count). The second-order valence-electron chi connectivity index (χ2n) is 2.57. The summed E-state index contributed by atoms with van der Waals surface area (Å²) < 4.78 is 13.1. The lowest BCUT2D eigenvalue weighted by Crippen LogP contribution is -2.03. The van der Waals surface area contributed by atoms with E-state index in [-0.39, 0.29) is 5.56 Å². The number of benzene rings is 1. The fraction of sp³-hybridized carbons (Fsp3) is 0.100. The van der Waals surface area contributed by atoms with Gasteiger partial charge in [-0.05, 0) is 11.6 Å². The van der Waals surface area contributed by atoms with E-state index in [1.807, 2.05) is 0 Å². The lowest BCUT2D eigenvalue weighted by molar-refractivity contribution is 0.0691. The largest absolute Gasteiger partial charge is 0.478 e. The number of hydrogen-bond donors (Lipinski definition) is 1. The normalized spacial score (nSPS) is 10.7. The van der Waals surface area contributed by atoms with Crippen molar-refractivity contribution < 1.29 is 14.3 Å². The molecule has 0 saturated carbocycles. The Kier molecular flexibility index (Phi) is 3.83. The van der Waals surface area contributed by atoms with Crippen molar-refractivity contribution in [2.75, 3.05) is 5.33 Å². The van der Waals surface area contributed by atoms with Gasteiger partial charge >= 0.3 is 5.97 Å². The molecular weight excluding hydrogens is 251 g/mol. The molecule has 0 atom stereocenters. The minimum absolute atomic E-state index is 0.287. The lowest BCUT2D eigenvalue weighted by Gasteiger charge is -2.01. The maximum atomic E-state index is 13.1. The van der Waals surface area contributed by atoms with Crippen LogP contribution in [0.1, 0.15) is 15.9 Å². The van der Waals surface area contributed by atoms with Gasteiger partial charge in [0.05, 0.1) is 0 Å². The summed E-state index contributed by atoms with van der Waals surface area (Å²) in [5, 5.41) is 9.36. The molecule has 0 unspecified atom stereocenters. The Labute approximate surface area is 89.2 Å². The van der Waals surface area contributed by atoms with E-state index in [4.69, 9.17) is 5.11 Å². The van der Waals surface area contributed by atoms with Gasteiger partial charge in [-0.25, -0.2) is 9.18 Å². The van der Waals surface area contributed by atoms with Crippen LogP contribution in [0.4, 0.5) is 4.39 Å². The van der Waals surface area contributed by atoms with Gasteiger partial charge in [0, 0.05) is 5.33 Å². The fourth-order valence-electron chi connectivity index (χ4n) is 1.08. The highest BCUT2D eigenvalue weighted by Gasteiger charge is 2.13. The molecule has 0 saturated heterocycles. The van der Waals surface area contributed by atoms with Gasteiger partial charge in [0.25, 0.3) is 0 Å². The summed E-state index contributed by atoms with van der Waals surface area (Å²) in [6.45, 7) is 0. The van der Waals surface area contributed by atoms with Crippen LogP contribution in [-0.2, 0) is 0 Å². The average molecular weight is 259 g/mol. The summed E-state index contributed by atoms with van der Waals surface area (Å²) in [4.78, 5) is 10.7. The van der Waals surface area contributed by atoms with Gasteiger partial charge in [0.1, 0.15) is 11.4 Å². The van der Waals surface area contributed by atoms with Crippen molar-refractivity contribution >= 4 is 28.0 Å². The Morgan fingerprint density at radius 2 is 2.29 bits per heavy atom. The Morgan fingerprint density at radius 3 is 2.86 bits per heavy atom. The first-order valence-electron chi connectivity index (χ1n) is 3.91. The first kappa shape index (κ1) is 10.9. The number of carbonyl (C=O) groups is 1. The third-order valence-electron chi connectivity index (χ3n) is 1.65. The summed E-state index contributed by atoms with van der Waals surface area (Å²) in [7, 11) is 0. The van der Waals surface area contributed by atoms with Crippen molar-refractivity contribution in [3.8, 4) is 0 Å². The smallest absolute Gasteiger partial charge is 0.339 e. The van der Waals surface area contributed by atoms with Crippen molar-refractivity contribution in [2.24, 2.45) is 0 Å². The van der Waals surface area contributed by atoms with Crippen molar-refractivity contribution in [1.29, 1.82) is 0 Å². The van der Waals surface area contributed by atoms with E-state index in [2.05, 4.69) is 15.9 Å². The summed E-state index contributed by atoms with van der Waals surface area (Å²) >= 11 is 3.16. The fourth-order valence-corrected chi connectivity index (χ4v) is 1.26. The number of alkyl halides is 1. The molecule has 0 aromatic heterocycles. The van der Waals surface area contributed by atoms with E-state index in [0.717, 1.165) is 6.07 Å². The van der Waals surface area contributed by atoms with Crippen molar-refractivity contribution in [3.05, 3.63) is 41.2 Å². The summed E-state index contributed by atoms with van der Waals surface area (Å²) in [5.74, 6) is -1.97. The number of aromatic carboxylic acids is 1. The first-order valence-corrected chi connectivity index (χ1v) is 5.03. The number of allylic oxidation sites excluding steroid dienone is 1. The van der Waals surface area contributed by atoms with Crippen LogP contribution < -0.4 is 0 Å². The van der Waals surface area contributed by atoms with Crippen LogP contribution in [0.2, 0.25) is 0 Å². The first-order chi connectivity index (χ1) is 6.66. The van der Waals surface area contributed by atoms with Gasteiger partial charge in [0.15, 0.2) is 0 Å². The average Bonchev–Trinajstić information content (AvgIpc) is 2.14. The van der Waals surface area contributed by atoms with Gasteiger partial charge in [-0.1, -0.05) is 40.2 Å². The van der Waals surface area contributed by atoms with Crippen LogP contribution in [0, 0.1) is 5.82 Å². The van der Waals surface area contributed by atoms with Crippen LogP contribution in [0.5, 0.6) is 0 Å². The van der Waals surface area contributed by atoms with Gasteiger partial charge < -0.3 is 5.11 Å². The monoisotopic (exact) mass is 258 g/mol. The predicted molar refractivity (Wildman–Crippen MR) is 56.2 cm³/mol. The van der Waals surface area contributed by atoms with E-state index in [9.17, 15) is 9.18 Å². The molecule has 14 heavy (non-hydrogen) atoms. The molecule has 2 nitrogen and oxygen atoms in total. The Hall–Kier alpha value is -1.16. The zero-order valence-corrected chi connectivity index (χ0v) is 8.79. The molecular formula is C10H8BrFO2. The molecule has 0 heterocycles. The van der Waals surface area contributed by atoms with Gasteiger partial charge in [-0.15, -0.1) is 0 Å². The molecule has 1 aromatic rings. The lowest BCUT2D eigenvalue weighted by atomic mass is 10.1. The second kappa shape index (κ2) is 4.91. The van der Waals surface area contributed by atoms with Crippen LogP contribution in [0.15, 0.2) is 24.3 Å². The van der Waals surface area contributed by atoms with Crippen molar-refractivity contribution in [2.45, 2.75) is 0 Å². The number of hydrogen-bond acceptors (Lipinski definition) is 1. The molecule has 0 aliphatic carbocycles. The van der Waals surface area contributed by atoms with Gasteiger partial charge in [-0.3, -0.25) is 0 Å². The highest BCUT2D eigenvalue weighted by molar-refractivity contribution is 9.09. The van der Waals surface area contributed by atoms with E-state index >= 15 is 0 Å². The highest BCUT2D eigenvalue weighted by atomic mass is 79.9. The van der Waals surface area contributed by atoms with Crippen molar-refractivity contribution in [1.82, 2.24) is 0 Å². The second-order valence-corrected chi connectivity index (χ2v) is 3.21. The van der Waals surface area contributed by atoms with Crippen LogP contribution in [-0.4, -0.2) is 16.4 Å². The number of rotatable bonds is 3. The van der Waals surface area contributed by atoms with Crippen LogP contribution in [0.25, 0.3) is 6.08 Å². The predicted octanol–water partition coefficient (Wildman–Crippen LogP) is 2.93. The van der Waals surface area contributed by atoms with Gasteiger partial charge in [-0.2, -0.15) is 0 Å². The molecule has 1 N–H and O–H groups in total. The zero-order valence-electron chi connectivity index (χ0n) is 7.21. The highest BCUT2D eigenvalue weighted by Crippen LogP contribution is 2.15. The standard InChI is InChI=1S/C10H8BrFO2/c11-6-2-4-7-3-1-5-8(12)9(7)10(13)14/h1-5H,6H2,(H,13,14). The quantitative estimate of drug-likeness (QED) is 0.847. The van der Waals surface area contributed by atoms with Crippen LogP contribution >= 0.6 is 15.9 Å². The van der Waals surface area contributed by atoms with Crippen LogP contribution in [0.3, 0.4) is 0 Å².